The van der Waals surface area contributed by atoms with Gasteiger partial charge in [-0.05, 0) is 69.4 Å². The van der Waals surface area contributed by atoms with Gasteiger partial charge in [-0.2, -0.15) is 0 Å². The summed E-state index contributed by atoms with van der Waals surface area (Å²) in [7, 11) is 0. The lowest BCUT2D eigenvalue weighted by atomic mass is 10.1. The van der Waals surface area contributed by atoms with Crippen LogP contribution in [-0.2, 0) is 11.3 Å². The Balaban J connectivity index is 1.38. The quantitative estimate of drug-likeness (QED) is 0.349. The highest BCUT2D eigenvalue weighted by atomic mass is 32.2. The Morgan fingerprint density at radius 1 is 1.06 bits per heavy atom. The van der Waals surface area contributed by atoms with Gasteiger partial charge >= 0.3 is 0 Å². The van der Waals surface area contributed by atoms with Gasteiger partial charge in [0.15, 0.2) is 0 Å². The van der Waals surface area contributed by atoms with Crippen LogP contribution in [0.25, 0.3) is 11.5 Å². The van der Waals surface area contributed by atoms with Crippen LogP contribution in [0, 0.1) is 5.92 Å². The lowest BCUT2D eigenvalue weighted by Gasteiger charge is -2.29. The van der Waals surface area contributed by atoms with Gasteiger partial charge in [0.25, 0.3) is 5.22 Å². The zero-order valence-electron chi connectivity index (χ0n) is 19.6. The standard InChI is InChI=1S/C26H32N4O2S/c1-4-29(5-2)23-15-13-22(14-16-23)25-27-28-26(32-25)33-18-24(31)30(19(3)21-11-12-21)17-20-9-7-6-8-10-20/h6-10,13-16,19,21H,4-5,11-12,17-18H2,1-3H3/t19-/m1/s1. The van der Waals surface area contributed by atoms with Crippen molar-refractivity contribution in [3.63, 3.8) is 0 Å². The topological polar surface area (TPSA) is 62.5 Å². The predicted octanol–water partition coefficient (Wildman–Crippen LogP) is 5.50. The molecule has 1 atom stereocenters. The van der Waals surface area contributed by atoms with Crippen LogP contribution >= 0.6 is 11.8 Å². The fraction of sp³-hybridized carbons (Fsp3) is 0.423. The highest BCUT2D eigenvalue weighted by Crippen LogP contribution is 2.36. The Bertz CT molecular complexity index is 1030. The second-order valence-corrected chi connectivity index (χ2v) is 9.39. The molecular formula is C26H32N4O2S. The van der Waals surface area contributed by atoms with E-state index in [0.29, 0.717) is 23.6 Å². The van der Waals surface area contributed by atoms with E-state index in [4.69, 9.17) is 4.42 Å². The second kappa shape index (κ2) is 10.9. The summed E-state index contributed by atoms with van der Waals surface area (Å²) in [6.07, 6.45) is 2.40. The highest BCUT2D eigenvalue weighted by Gasteiger charge is 2.34. The zero-order valence-corrected chi connectivity index (χ0v) is 20.4. The molecule has 174 valence electrons. The molecule has 0 spiro atoms. The van der Waals surface area contributed by atoms with Gasteiger partial charge in [-0.15, -0.1) is 10.2 Å². The molecule has 1 aromatic heterocycles. The molecule has 0 bridgehead atoms. The van der Waals surface area contributed by atoms with Crippen molar-refractivity contribution in [2.45, 2.75) is 51.4 Å². The Morgan fingerprint density at radius 2 is 1.76 bits per heavy atom. The third kappa shape index (κ3) is 5.96. The lowest BCUT2D eigenvalue weighted by molar-refractivity contribution is -0.131. The number of carbonyl (C=O) groups excluding carboxylic acids is 1. The van der Waals surface area contributed by atoms with Crippen LogP contribution in [0.2, 0.25) is 0 Å². The molecule has 4 rings (SSSR count). The number of hydrogen-bond donors (Lipinski definition) is 0. The Labute approximate surface area is 200 Å². The smallest absolute Gasteiger partial charge is 0.277 e. The molecular weight excluding hydrogens is 432 g/mol. The summed E-state index contributed by atoms with van der Waals surface area (Å²) in [5.74, 6) is 1.47. The summed E-state index contributed by atoms with van der Waals surface area (Å²) < 4.78 is 5.85. The van der Waals surface area contributed by atoms with Crippen LogP contribution in [0.15, 0.2) is 64.2 Å². The van der Waals surface area contributed by atoms with E-state index >= 15 is 0 Å². The van der Waals surface area contributed by atoms with E-state index in [1.165, 1.54) is 30.3 Å². The monoisotopic (exact) mass is 464 g/mol. The summed E-state index contributed by atoms with van der Waals surface area (Å²) in [6.45, 7) is 9.01. The molecule has 1 fully saturated rings. The number of amides is 1. The minimum Gasteiger partial charge on any atom is -0.411 e. The van der Waals surface area contributed by atoms with Crippen molar-refractivity contribution in [2.75, 3.05) is 23.7 Å². The van der Waals surface area contributed by atoms with Crippen molar-refractivity contribution in [1.82, 2.24) is 15.1 Å². The molecule has 6 nitrogen and oxygen atoms in total. The summed E-state index contributed by atoms with van der Waals surface area (Å²) in [5.41, 5.74) is 3.20. The number of carbonyl (C=O) groups is 1. The van der Waals surface area contributed by atoms with Crippen molar-refractivity contribution in [1.29, 1.82) is 0 Å². The summed E-state index contributed by atoms with van der Waals surface area (Å²) in [5, 5.41) is 8.77. The van der Waals surface area contributed by atoms with Crippen LogP contribution in [0.3, 0.4) is 0 Å². The Morgan fingerprint density at radius 3 is 2.39 bits per heavy atom. The first-order valence-corrected chi connectivity index (χ1v) is 12.7. The van der Waals surface area contributed by atoms with Crippen molar-refractivity contribution in [2.24, 2.45) is 5.92 Å². The average Bonchev–Trinajstić information content (AvgIpc) is 3.60. The van der Waals surface area contributed by atoms with Crippen LogP contribution in [0.5, 0.6) is 0 Å². The number of aromatic nitrogens is 2. The van der Waals surface area contributed by atoms with Gasteiger partial charge in [-0.1, -0.05) is 42.1 Å². The Hall–Kier alpha value is -2.80. The maximum absolute atomic E-state index is 13.1. The van der Waals surface area contributed by atoms with Gasteiger partial charge in [-0.3, -0.25) is 4.79 Å². The highest BCUT2D eigenvalue weighted by molar-refractivity contribution is 7.99. The van der Waals surface area contributed by atoms with Crippen LogP contribution in [0.1, 0.15) is 39.2 Å². The number of benzene rings is 2. The molecule has 0 aliphatic heterocycles. The predicted molar refractivity (Wildman–Crippen MR) is 133 cm³/mol. The number of anilines is 1. The van der Waals surface area contributed by atoms with Crippen LogP contribution in [0.4, 0.5) is 5.69 Å². The first-order valence-electron chi connectivity index (χ1n) is 11.7. The Kier molecular flexibility index (Phi) is 7.70. The molecule has 2 aromatic carbocycles. The van der Waals surface area contributed by atoms with Crippen LogP contribution in [-0.4, -0.2) is 45.9 Å². The number of thioether (sulfide) groups is 1. The van der Waals surface area contributed by atoms with Crippen molar-refractivity contribution >= 4 is 23.4 Å². The molecule has 7 heteroatoms. The second-order valence-electron chi connectivity index (χ2n) is 8.47. The number of nitrogens with zero attached hydrogens (tertiary/aromatic N) is 4. The molecule has 0 saturated heterocycles. The van der Waals surface area contributed by atoms with Gasteiger partial charge < -0.3 is 14.2 Å². The number of rotatable bonds is 11. The number of hydrogen-bond acceptors (Lipinski definition) is 6. The van der Waals surface area contributed by atoms with Gasteiger partial charge in [0.1, 0.15) is 0 Å². The summed E-state index contributed by atoms with van der Waals surface area (Å²) in [6, 6.07) is 18.6. The summed E-state index contributed by atoms with van der Waals surface area (Å²) >= 11 is 1.31. The lowest BCUT2D eigenvalue weighted by Crippen LogP contribution is -2.40. The van der Waals surface area contributed by atoms with E-state index in [2.05, 4.69) is 60.1 Å². The fourth-order valence-corrected chi connectivity index (χ4v) is 4.72. The maximum atomic E-state index is 13.1. The molecule has 3 aromatic rings. The van der Waals surface area contributed by atoms with Gasteiger partial charge in [0, 0.05) is 36.9 Å². The van der Waals surface area contributed by atoms with Gasteiger partial charge in [0.05, 0.1) is 5.75 Å². The zero-order chi connectivity index (χ0) is 23.2. The maximum Gasteiger partial charge on any atom is 0.277 e. The fourth-order valence-electron chi connectivity index (χ4n) is 4.07. The third-order valence-electron chi connectivity index (χ3n) is 6.28. The largest absolute Gasteiger partial charge is 0.411 e. The summed E-state index contributed by atoms with van der Waals surface area (Å²) in [4.78, 5) is 17.4. The third-order valence-corrected chi connectivity index (χ3v) is 7.08. The van der Waals surface area contributed by atoms with E-state index in [1.807, 2.05) is 35.2 Å². The minimum absolute atomic E-state index is 0.103. The first kappa shape index (κ1) is 23.4. The van der Waals surface area contributed by atoms with E-state index in [9.17, 15) is 4.79 Å². The first-order chi connectivity index (χ1) is 16.1. The normalized spacial score (nSPS) is 14.2. The SMILES string of the molecule is CCN(CC)c1ccc(-c2nnc(SCC(=O)N(Cc3ccccc3)[C@H](C)C3CC3)o2)cc1. The molecule has 1 heterocycles. The molecule has 1 amide bonds. The van der Waals surface area contributed by atoms with Crippen molar-refractivity contribution in [3.8, 4) is 11.5 Å². The van der Waals surface area contributed by atoms with E-state index < -0.39 is 0 Å². The van der Waals surface area contributed by atoms with Gasteiger partial charge in [0.2, 0.25) is 11.8 Å². The molecule has 33 heavy (non-hydrogen) atoms. The molecule has 1 aliphatic carbocycles. The molecule has 0 N–H and O–H groups in total. The van der Waals surface area contributed by atoms with Crippen LogP contribution < -0.4 is 4.90 Å². The molecule has 1 saturated carbocycles. The minimum atomic E-state index is 0.103. The molecule has 0 radical (unpaired) electrons. The van der Waals surface area contributed by atoms with E-state index in [1.54, 1.807) is 0 Å². The van der Waals surface area contributed by atoms with E-state index in [-0.39, 0.29) is 17.7 Å². The van der Waals surface area contributed by atoms with Crippen molar-refractivity contribution in [3.05, 3.63) is 60.2 Å². The molecule has 1 aliphatic rings. The molecule has 0 unspecified atom stereocenters. The van der Waals surface area contributed by atoms with Gasteiger partial charge in [-0.25, -0.2) is 0 Å². The van der Waals surface area contributed by atoms with Crippen molar-refractivity contribution < 1.29 is 9.21 Å². The van der Waals surface area contributed by atoms with E-state index in [0.717, 1.165) is 24.2 Å². The average molecular weight is 465 g/mol.